The summed E-state index contributed by atoms with van der Waals surface area (Å²) in [7, 11) is 0. The number of carbonyl (C=O) groups is 2. The van der Waals surface area contributed by atoms with Crippen LogP contribution in [0.15, 0.2) is 40.9 Å². The molecule has 1 atom stereocenters. The number of carbonyl (C=O) groups excluding carboxylic acids is 2. The van der Waals surface area contributed by atoms with Crippen LogP contribution in [0.4, 0.5) is 0 Å². The Balaban J connectivity index is 2.16. The predicted molar refractivity (Wildman–Crippen MR) is 128 cm³/mol. The van der Waals surface area contributed by atoms with Gasteiger partial charge in [-0.1, -0.05) is 47.5 Å². The molecule has 0 saturated carbocycles. The summed E-state index contributed by atoms with van der Waals surface area (Å²) in [6.07, 6.45) is 1.91. The third-order valence-electron chi connectivity index (χ3n) is 5.38. The van der Waals surface area contributed by atoms with Crippen LogP contribution < -0.4 is 10.1 Å². The molecule has 2 amide bonds. The van der Waals surface area contributed by atoms with Gasteiger partial charge in [0, 0.05) is 17.6 Å². The van der Waals surface area contributed by atoms with Crippen molar-refractivity contribution in [2.24, 2.45) is 0 Å². The van der Waals surface area contributed by atoms with Crippen molar-refractivity contribution in [2.75, 3.05) is 13.2 Å². The smallest absolute Gasteiger partial charge is 0.261 e. The highest BCUT2D eigenvalue weighted by atomic mass is 79.9. The molecule has 0 heterocycles. The Labute approximate surface area is 194 Å². The Bertz CT molecular complexity index is 896. The molecule has 0 aromatic heterocycles. The van der Waals surface area contributed by atoms with Crippen molar-refractivity contribution < 1.29 is 14.3 Å². The number of amides is 2. The fourth-order valence-electron chi connectivity index (χ4n) is 3.28. The van der Waals surface area contributed by atoms with E-state index in [4.69, 9.17) is 4.74 Å². The number of halogens is 1. The standard InChI is InChI=1S/C25H33BrN2O3/c1-6-7-12-27-25(30)20(5)28(15-21-8-10-22(26)11-9-21)24(29)16-31-23-14-17(2)13-18(3)19(23)4/h8-11,13-14,20H,6-7,12,15-16H2,1-5H3,(H,27,30)/t20-/m1/s1. The van der Waals surface area contributed by atoms with Gasteiger partial charge in [-0.15, -0.1) is 0 Å². The van der Waals surface area contributed by atoms with E-state index < -0.39 is 6.04 Å². The third kappa shape index (κ3) is 7.39. The zero-order valence-corrected chi connectivity index (χ0v) is 20.7. The second kappa shape index (κ2) is 11.9. The van der Waals surface area contributed by atoms with Gasteiger partial charge < -0.3 is 15.0 Å². The molecule has 2 aromatic rings. The number of nitrogens with one attached hydrogen (secondary N) is 1. The van der Waals surface area contributed by atoms with Gasteiger partial charge in [-0.25, -0.2) is 0 Å². The van der Waals surface area contributed by atoms with E-state index >= 15 is 0 Å². The van der Waals surface area contributed by atoms with Crippen LogP contribution >= 0.6 is 15.9 Å². The van der Waals surface area contributed by atoms with Gasteiger partial charge in [-0.2, -0.15) is 0 Å². The summed E-state index contributed by atoms with van der Waals surface area (Å²) >= 11 is 3.43. The first-order valence-electron chi connectivity index (χ1n) is 10.7. The zero-order chi connectivity index (χ0) is 23.0. The minimum atomic E-state index is -0.600. The molecule has 168 valence electrons. The van der Waals surface area contributed by atoms with Crippen molar-refractivity contribution in [3.8, 4) is 5.75 Å². The molecule has 31 heavy (non-hydrogen) atoms. The van der Waals surface area contributed by atoms with Gasteiger partial charge in [-0.05, 0) is 74.6 Å². The molecule has 0 fully saturated rings. The maximum Gasteiger partial charge on any atom is 0.261 e. The summed E-state index contributed by atoms with van der Waals surface area (Å²) in [5.74, 6) is 0.329. The average Bonchev–Trinajstić information content (AvgIpc) is 2.74. The van der Waals surface area contributed by atoms with Crippen molar-refractivity contribution in [1.29, 1.82) is 0 Å². The lowest BCUT2D eigenvalue weighted by atomic mass is 10.1. The van der Waals surface area contributed by atoms with Crippen molar-refractivity contribution in [1.82, 2.24) is 10.2 Å². The summed E-state index contributed by atoms with van der Waals surface area (Å²) in [4.78, 5) is 27.4. The lowest BCUT2D eigenvalue weighted by molar-refractivity contribution is -0.142. The number of aryl methyl sites for hydroxylation is 2. The molecule has 2 aromatic carbocycles. The summed E-state index contributed by atoms with van der Waals surface area (Å²) < 4.78 is 6.86. The molecule has 5 nitrogen and oxygen atoms in total. The lowest BCUT2D eigenvalue weighted by Crippen LogP contribution is -2.49. The van der Waals surface area contributed by atoms with E-state index in [2.05, 4.69) is 34.2 Å². The summed E-state index contributed by atoms with van der Waals surface area (Å²) in [6, 6.07) is 11.2. The Hall–Kier alpha value is -2.34. The van der Waals surface area contributed by atoms with Crippen LogP contribution in [-0.2, 0) is 16.1 Å². The molecule has 0 aliphatic rings. The van der Waals surface area contributed by atoms with E-state index in [1.54, 1.807) is 11.8 Å². The number of unbranched alkanes of at least 4 members (excludes halogenated alkanes) is 1. The Morgan fingerprint density at radius 2 is 1.81 bits per heavy atom. The van der Waals surface area contributed by atoms with Crippen molar-refractivity contribution in [3.63, 3.8) is 0 Å². The number of hydrogen-bond donors (Lipinski definition) is 1. The first kappa shape index (κ1) is 24.9. The molecular formula is C25H33BrN2O3. The number of nitrogens with zero attached hydrogens (tertiary/aromatic N) is 1. The van der Waals surface area contributed by atoms with Gasteiger partial charge >= 0.3 is 0 Å². The van der Waals surface area contributed by atoms with Crippen LogP contribution in [-0.4, -0.2) is 35.9 Å². The van der Waals surface area contributed by atoms with Crippen LogP contribution in [0.3, 0.4) is 0 Å². The minimum absolute atomic E-state index is 0.118. The van der Waals surface area contributed by atoms with E-state index in [-0.39, 0.29) is 18.4 Å². The van der Waals surface area contributed by atoms with Gasteiger partial charge in [0.05, 0.1) is 0 Å². The van der Waals surface area contributed by atoms with Gasteiger partial charge in [0.2, 0.25) is 5.91 Å². The average molecular weight is 489 g/mol. The fourth-order valence-corrected chi connectivity index (χ4v) is 3.54. The van der Waals surface area contributed by atoms with E-state index in [1.165, 1.54) is 0 Å². The van der Waals surface area contributed by atoms with Gasteiger partial charge in [0.1, 0.15) is 11.8 Å². The number of rotatable bonds is 10. The number of benzene rings is 2. The normalized spacial score (nSPS) is 11.7. The fraction of sp³-hybridized carbons (Fsp3) is 0.440. The van der Waals surface area contributed by atoms with E-state index in [0.717, 1.165) is 39.6 Å². The Morgan fingerprint density at radius 1 is 1.13 bits per heavy atom. The molecule has 0 unspecified atom stereocenters. The van der Waals surface area contributed by atoms with Crippen LogP contribution in [0.1, 0.15) is 48.9 Å². The van der Waals surface area contributed by atoms with Crippen molar-refractivity contribution >= 4 is 27.7 Å². The zero-order valence-electron chi connectivity index (χ0n) is 19.1. The van der Waals surface area contributed by atoms with Crippen LogP contribution in [0.25, 0.3) is 0 Å². The minimum Gasteiger partial charge on any atom is -0.483 e. The van der Waals surface area contributed by atoms with Gasteiger partial charge in [-0.3, -0.25) is 9.59 Å². The van der Waals surface area contributed by atoms with E-state index in [0.29, 0.717) is 18.8 Å². The van der Waals surface area contributed by atoms with Gasteiger partial charge in [0.25, 0.3) is 5.91 Å². The SMILES string of the molecule is CCCCNC(=O)[C@@H](C)N(Cc1ccc(Br)cc1)C(=O)COc1cc(C)cc(C)c1C. The molecule has 0 aliphatic carbocycles. The summed E-state index contributed by atoms with van der Waals surface area (Å²) in [6.45, 7) is 10.7. The summed E-state index contributed by atoms with van der Waals surface area (Å²) in [5, 5.41) is 2.93. The second-order valence-electron chi connectivity index (χ2n) is 7.96. The highest BCUT2D eigenvalue weighted by Gasteiger charge is 2.26. The van der Waals surface area contributed by atoms with E-state index in [9.17, 15) is 9.59 Å². The van der Waals surface area contributed by atoms with Crippen LogP contribution in [0.5, 0.6) is 5.75 Å². The highest BCUT2D eigenvalue weighted by molar-refractivity contribution is 9.10. The Morgan fingerprint density at radius 3 is 2.45 bits per heavy atom. The topological polar surface area (TPSA) is 58.6 Å². The molecule has 0 bridgehead atoms. The highest BCUT2D eigenvalue weighted by Crippen LogP contribution is 2.23. The second-order valence-corrected chi connectivity index (χ2v) is 8.88. The molecule has 0 aliphatic heterocycles. The van der Waals surface area contributed by atoms with Crippen LogP contribution in [0, 0.1) is 20.8 Å². The van der Waals surface area contributed by atoms with Crippen molar-refractivity contribution in [2.45, 2.75) is 60.0 Å². The number of ether oxygens (including phenoxy) is 1. The molecule has 0 spiro atoms. The molecule has 1 N–H and O–H groups in total. The van der Waals surface area contributed by atoms with Crippen LogP contribution in [0.2, 0.25) is 0 Å². The summed E-state index contributed by atoms with van der Waals surface area (Å²) in [5.41, 5.74) is 4.18. The molecule has 0 saturated heterocycles. The third-order valence-corrected chi connectivity index (χ3v) is 5.91. The maximum atomic E-state index is 13.2. The van der Waals surface area contributed by atoms with Gasteiger partial charge in [0.15, 0.2) is 6.61 Å². The number of hydrogen-bond acceptors (Lipinski definition) is 3. The quantitative estimate of drug-likeness (QED) is 0.474. The molecule has 6 heteroatoms. The Kier molecular flexibility index (Phi) is 9.56. The predicted octanol–water partition coefficient (Wildman–Crippen LogP) is 5.09. The van der Waals surface area contributed by atoms with E-state index in [1.807, 2.05) is 51.1 Å². The monoisotopic (exact) mass is 488 g/mol. The first-order chi connectivity index (χ1) is 14.7. The maximum absolute atomic E-state index is 13.2. The van der Waals surface area contributed by atoms with Crippen molar-refractivity contribution in [3.05, 3.63) is 63.1 Å². The molecule has 0 radical (unpaired) electrons. The lowest BCUT2D eigenvalue weighted by Gasteiger charge is -2.29. The molecular weight excluding hydrogens is 456 g/mol. The molecule has 2 rings (SSSR count). The largest absolute Gasteiger partial charge is 0.483 e. The first-order valence-corrected chi connectivity index (χ1v) is 11.5.